The van der Waals surface area contributed by atoms with Gasteiger partial charge < -0.3 is 9.26 Å². The zero-order valence-electron chi connectivity index (χ0n) is 10.7. The minimum absolute atomic E-state index is 0.102. The molecule has 7 heteroatoms. The monoisotopic (exact) mass is 282 g/mol. The smallest absolute Gasteiger partial charge is 0.264 e. The van der Waals surface area contributed by atoms with Crippen molar-refractivity contribution in [2.24, 2.45) is 0 Å². The number of halogens is 2. The Hall–Kier alpha value is -2.31. The minimum Gasteiger partial charge on any atom is -0.478 e. The number of aromatic nitrogens is 2. The van der Waals surface area contributed by atoms with Gasteiger partial charge in [-0.25, -0.2) is 8.78 Å². The van der Waals surface area contributed by atoms with Gasteiger partial charge in [0.15, 0.2) is 29.8 Å². The van der Waals surface area contributed by atoms with Crippen LogP contribution in [0, 0.1) is 11.6 Å². The van der Waals surface area contributed by atoms with Gasteiger partial charge in [-0.15, -0.1) is 0 Å². The molecule has 106 valence electrons. The van der Waals surface area contributed by atoms with E-state index < -0.39 is 17.4 Å². The molecule has 5 nitrogen and oxygen atoms in total. The van der Waals surface area contributed by atoms with Gasteiger partial charge in [-0.2, -0.15) is 4.98 Å². The van der Waals surface area contributed by atoms with Gasteiger partial charge in [0.05, 0.1) is 0 Å². The average molecular weight is 282 g/mol. The summed E-state index contributed by atoms with van der Waals surface area (Å²) >= 11 is 0. The first-order chi connectivity index (χ1) is 9.63. The Balaban J connectivity index is 2.08. The molecule has 0 N–H and O–H groups in total. The first-order valence-electron chi connectivity index (χ1n) is 6.02. The first-order valence-corrected chi connectivity index (χ1v) is 6.02. The fraction of sp³-hybridized carbons (Fsp3) is 0.308. The summed E-state index contributed by atoms with van der Waals surface area (Å²) in [7, 11) is 0. The molecule has 1 aromatic carbocycles. The van der Waals surface area contributed by atoms with E-state index in [1.54, 1.807) is 0 Å². The number of rotatable bonds is 6. The fourth-order valence-electron chi connectivity index (χ4n) is 1.59. The molecule has 1 heterocycles. The number of hydrogen-bond acceptors (Lipinski definition) is 5. The third kappa shape index (κ3) is 3.17. The van der Waals surface area contributed by atoms with Crippen molar-refractivity contribution in [3.63, 3.8) is 0 Å². The molecular weight excluding hydrogens is 270 g/mol. The Morgan fingerprint density at radius 1 is 1.35 bits per heavy atom. The van der Waals surface area contributed by atoms with Gasteiger partial charge in [-0.3, -0.25) is 4.79 Å². The summed E-state index contributed by atoms with van der Waals surface area (Å²) in [5, 5.41) is 3.69. The Morgan fingerprint density at radius 2 is 2.05 bits per heavy atom. The highest BCUT2D eigenvalue weighted by atomic mass is 19.1. The van der Waals surface area contributed by atoms with Crippen molar-refractivity contribution in [1.82, 2.24) is 10.1 Å². The van der Waals surface area contributed by atoms with E-state index in [4.69, 9.17) is 9.26 Å². The number of carbonyl (C=O) groups is 1. The van der Waals surface area contributed by atoms with Gasteiger partial charge in [0.1, 0.15) is 6.29 Å². The molecule has 0 spiro atoms. The van der Waals surface area contributed by atoms with Gasteiger partial charge in [-0.05, 0) is 18.6 Å². The molecule has 0 saturated heterocycles. The van der Waals surface area contributed by atoms with Gasteiger partial charge in [0, 0.05) is 12.0 Å². The number of nitrogens with zero attached hydrogens (tertiary/aromatic N) is 2. The van der Waals surface area contributed by atoms with Crippen LogP contribution in [0.1, 0.15) is 35.4 Å². The van der Waals surface area contributed by atoms with Crippen LogP contribution in [0.3, 0.4) is 0 Å². The van der Waals surface area contributed by atoms with Gasteiger partial charge in [-0.1, -0.05) is 12.1 Å². The molecule has 0 saturated carbocycles. The zero-order chi connectivity index (χ0) is 14.5. The predicted molar refractivity (Wildman–Crippen MR) is 64.4 cm³/mol. The SMILES string of the molecule is CCCc1noc(COc2c(F)cc(C=O)cc2F)n1. The van der Waals surface area contributed by atoms with E-state index in [1.165, 1.54) is 0 Å². The summed E-state index contributed by atoms with van der Waals surface area (Å²) in [6, 6.07) is 1.78. The lowest BCUT2D eigenvalue weighted by Gasteiger charge is -2.06. The van der Waals surface area contributed by atoms with Gasteiger partial charge in [0.25, 0.3) is 5.89 Å². The highest BCUT2D eigenvalue weighted by Gasteiger charge is 2.14. The normalized spacial score (nSPS) is 10.6. The third-order valence-corrected chi connectivity index (χ3v) is 2.48. The molecule has 0 radical (unpaired) electrons. The molecule has 2 aromatic rings. The number of hydrogen-bond donors (Lipinski definition) is 0. The van der Waals surface area contributed by atoms with E-state index in [0.717, 1.165) is 18.6 Å². The van der Waals surface area contributed by atoms with Crippen LogP contribution < -0.4 is 4.74 Å². The Bertz CT molecular complexity index is 590. The standard InChI is InChI=1S/C13H12F2N2O3/c1-2-3-11-16-12(20-17-11)7-19-13-9(14)4-8(6-18)5-10(13)15/h4-6H,2-3,7H2,1H3. The van der Waals surface area contributed by atoms with Crippen molar-refractivity contribution < 1.29 is 22.8 Å². The van der Waals surface area contributed by atoms with Gasteiger partial charge in [0.2, 0.25) is 0 Å². The molecule has 1 aromatic heterocycles. The fourth-order valence-corrected chi connectivity index (χ4v) is 1.59. The largest absolute Gasteiger partial charge is 0.478 e. The van der Waals surface area contributed by atoms with Crippen molar-refractivity contribution in [2.45, 2.75) is 26.4 Å². The second-order valence-corrected chi connectivity index (χ2v) is 4.07. The Morgan fingerprint density at radius 3 is 2.65 bits per heavy atom. The first kappa shape index (κ1) is 14.1. The number of aldehydes is 1. The zero-order valence-corrected chi connectivity index (χ0v) is 10.7. The molecule has 0 unspecified atom stereocenters. The molecule has 0 amide bonds. The summed E-state index contributed by atoms with van der Waals surface area (Å²) in [5.74, 6) is -1.85. The number of carbonyl (C=O) groups excluding carboxylic acids is 1. The lowest BCUT2D eigenvalue weighted by Crippen LogP contribution is -2.01. The third-order valence-electron chi connectivity index (χ3n) is 2.48. The van der Waals surface area contributed by atoms with Crippen LogP contribution in [-0.2, 0) is 13.0 Å². The van der Waals surface area contributed by atoms with Crippen LogP contribution in [0.15, 0.2) is 16.7 Å². The van der Waals surface area contributed by atoms with Crippen molar-refractivity contribution in [3.05, 3.63) is 41.0 Å². The molecule has 0 fully saturated rings. The average Bonchev–Trinajstić information content (AvgIpc) is 2.85. The van der Waals surface area contributed by atoms with Crippen molar-refractivity contribution in [1.29, 1.82) is 0 Å². The maximum absolute atomic E-state index is 13.5. The summed E-state index contributed by atoms with van der Waals surface area (Å²) in [4.78, 5) is 14.5. The highest BCUT2D eigenvalue weighted by molar-refractivity contribution is 5.75. The number of ether oxygens (including phenoxy) is 1. The van der Waals surface area contributed by atoms with Crippen LogP contribution in [0.2, 0.25) is 0 Å². The minimum atomic E-state index is -0.958. The van der Waals surface area contributed by atoms with Crippen molar-refractivity contribution >= 4 is 6.29 Å². The highest BCUT2D eigenvalue weighted by Crippen LogP contribution is 2.23. The summed E-state index contributed by atoms with van der Waals surface area (Å²) in [6.45, 7) is 1.72. The quantitative estimate of drug-likeness (QED) is 0.762. The van der Waals surface area contributed by atoms with Crippen LogP contribution in [0.4, 0.5) is 8.78 Å². The van der Waals surface area contributed by atoms with Crippen LogP contribution in [0.5, 0.6) is 5.75 Å². The van der Waals surface area contributed by atoms with Crippen molar-refractivity contribution in [2.75, 3.05) is 0 Å². The van der Waals surface area contributed by atoms with E-state index in [9.17, 15) is 13.6 Å². The summed E-state index contributed by atoms with van der Waals surface area (Å²) in [5.41, 5.74) is -0.102. The second kappa shape index (κ2) is 6.23. The lowest BCUT2D eigenvalue weighted by molar-refractivity contribution is 0.112. The lowest BCUT2D eigenvalue weighted by atomic mass is 10.2. The summed E-state index contributed by atoms with van der Waals surface area (Å²) < 4.78 is 36.9. The molecule has 2 rings (SSSR count). The predicted octanol–water partition coefficient (Wildman–Crippen LogP) is 2.69. The van der Waals surface area contributed by atoms with Crippen LogP contribution in [-0.4, -0.2) is 16.4 Å². The topological polar surface area (TPSA) is 65.2 Å². The van der Waals surface area contributed by atoms with E-state index >= 15 is 0 Å². The molecular formula is C13H12F2N2O3. The maximum Gasteiger partial charge on any atom is 0.264 e. The van der Waals surface area contributed by atoms with E-state index in [1.807, 2.05) is 6.92 Å². The Labute approximate surface area is 113 Å². The molecule has 20 heavy (non-hydrogen) atoms. The van der Waals surface area contributed by atoms with Crippen LogP contribution in [0.25, 0.3) is 0 Å². The number of aryl methyl sites for hydroxylation is 1. The molecule has 0 aliphatic heterocycles. The Kier molecular flexibility index (Phi) is 4.39. The molecule has 0 atom stereocenters. The number of benzene rings is 1. The van der Waals surface area contributed by atoms with E-state index in [0.29, 0.717) is 18.5 Å². The summed E-state index contributed by atoms with van der Waals surface area (Å²) in [6.07, 6.45) is 1.86. The van der Waals surface area contributed by atoms with Crippen molar-refractivity contribution in [3.8, 4) is 5.75 Å². The molecule has 0 aliphatic carbocycles. The second-order valence-electron chi connectivity index (χ2n) is 4.07. The molecule has 0 bridgehead atoms. The van der Waals surface area contributed by atoms with E-state index in [2.05, 4.69) is 10.1 Å². The maximum atomic E-state index is 13.5. The van der Waals surface area contributed by atoms with E-state index in [-0.39, 0.29) is 18.1 Å². The van der Waals surface area contributed by atoms with Gasteiger partial charge >= 0.3 is 0 Å². The molecule has 0 aliphatic rings. The van der Waals surface area contributed by atoms with Crippen LogP contribution >= 0.6 is 0 Å².